The summed E-state index contributed by atoms with van der Waals surface area (Å²) in [4.78, 5) is 5.17. The summed E-state index contributed by atoms with van der Waals surface area (Å²) in [6.45, 7) is 11.2. The maximum atomic E-state index is 3.57. The second-order valence-electron chi connectivity index (χ2n) is 7.36. The summed E-state index contributed by atoms with van der Waals surface area (Å²) in [6, 6.07) is 0.682. The topological polar surface area (TPSA) is 18.5 Å². The lowest BCUT2D eigenvalue weighted by molar-refractivity contribution is 0.195. The summed E-state index contributed by atoms with van der Waals surface area (Å²) in [5, 5.41) is 3.57. The van der Waals surface area contributed by atoms with E-state index in [1.54, 1.807) is 0 Å². The molecule has 2 unspecified atom stereocenters. The van der Waals surface area contributed by atoms with Crippen molar-refractivity contribution in [1.82, 2.24) is 15.1 Å². The lowest BCUT2D eigenvalue weighted by Gasteiger charge is -2.32. The lowest BCUT2D eigenvalue weighted by atomic mass is 9.85. The van der Waals surface area contributed by atoms with Crippen molar-refractivity contribution in [3.63, 3.8) is 0 Å². The Labute approximate surface area is 119 Å². The Bertz CT molecular complexity index is 271. The highest BCUT2D eigenvalue weighted by Crippen LogP contribution is 2.41. The standard InChI is InChI=1S/C16H33N3/c1-16(2)8-7-14(15(16)17-3)13-18(4)11-12-19-9-5-6-10-19/h14-15,17H,5-13H2,1-4H3. The van der Waals surface area contributed by atoms with E-state index in [-0.39, 0.29) is 0 Å². The predicted octanol–water partition coefficient (Wildman–Crippen LogP) is 2.04. The van der Waals surface area contributed by atoms with Crippen LogP contribution in [0.15, 0.2) is 0 Å². The highest BCUT2D eigenvalue weighted by Gasteiger charge is 2.40. The van der Waals surface area contributed by atoms with Crippen molar-refractivity contribution in [2.75, 3.05) is 46.8 Å². The van der Waals surface area contributed by atoms with E-state index >= 15 is 0 Å². The fourth-order valence-corrected chi connectivity index (χ4v) is 4.15. The number of likely N-dealkylation sites (N-methyl/N-ethyl adjacent to an activating group) is 1. The van der Waals surface area contributed by atoms with Gasteiger partial charge in [0.2, 0.25) is 0 Å². The van der Waals surface area contributed by atoms with Crippen LogP contribution in [-0.4, -0.2) is 62.7 Å². The van der Waals surface area contributed by atoms with Crippen molar-refractivity contribution < 1.29 is 0 Å². The van der Waals surface area contributed by atoms with E-state index < -0.39 is 0 Å². The maximum absolute atomic E-state index is 3.57. The van der Waals surface area contributed by atoms with Crippen LogP contribution in [0.2, 0.25) is 0 Å². The number of nitrogens with one attached hydrogen (secondary N) is 1. The Balaban J connectivity index is 1.73. The molecule has 112 valence electrons. The molecule has 1 aliphatic carbocycles. The Hall–Kier alpha value is -0.120. The first kappa shape index (κ1) is 15.3. The van der Waals surface area contributed by atoms with Crippen LogP contribution < -0.4 is 5.32 Å². The van der Waals surface area contributed by atoms with E-state index in [1.165, 1.54) is 58.4 Å². The number of likely N-dealkylation sites (tertiary alicyclic amines) is 1. The van der Waals surface area contributed by atoms with Crippen LogP contribution in [0.3, 0.4) is 0 Å². The minimum Gasteiger partial charge on any atom is -0.316 e. The Morgan fingerprint density at radius 1 is 1.26 bits per heavy atom. The number of nitrogens with zero attached hydrogens (tertiary/aromatic N) is 2. The molecule has 2 atom stereocenters. The van der Waals surface area contributed by atoms with Gasteiger partial charge in [-0.25, -0.2) is 0 Å². The summed E-state index contributed by atoms with van der Waals surface area (Å²) >= 11 is 0. The van der Waals surface area contributed by atoms with E-state index in [0.29, 0.717) is 11.5 Å². The molecule has 0 aromatic heterocycles. The van der Waals surface area contributed by atoms with Crippen LogP contribution in [0.25, 0.3) is 0 Å². The summed E-state index contributed by atoms with van der Waals surface area (Å²) in [6.07, 6.45) is 5.56. The third-order valence-electron chi connectivity index (χ3n) is 5.33. The van der Waals surface area contributed by atoms with Gasteiger partial charge in [0.1, 0.15) is 0 Å². The van der Waals surface area contributed by atoms with Gasteiger partial charge in [-0.2, -0.15) is 0 Å². The number of rotatable bonds is 6. The summed E-state index contributed by atoms with van der Waals surface area (Å²) in [5.74, 6) is 0.823. The first-order valence-corrected chi connectivity index (χ1v) is 8.11. The molecule has 19 heavy (non-hydrogen) atoms. The third-order valence-corrected chi connectivity index (χ3v) is 5.33. The van der Waals surface area contributed by atoms with Crippen molar-refractivity contribution in [3.8, 4) is 0 Å². The fraction of sp³-hybridized carbons (Fsp3) is 1.00. The first-order chi connectivity index (χ1) is 9.03. The van der Waals surface area contributed by atoms with E-state index in [0.717, 1.165) is 5.92 Å². The number of hydrogen-bond acceptors (Lipinski definition) is 3. The van der Waals surface area contributed by atoms with Gasteiger partial charge in [0, 0.05) is 25.7 Å². The van der Waals surface area contributed by atoms with Crippen molar-refractivity contribution in [1.29, 1.82) is 0 Å². The molecule has 2 fully saturated rings. The van der Waals surface area contributed by atoms with Crippen molar-refractivity contribution in [2.45, 2.75) is 45.6 Å². The maximum Gasteiger partial charge on any atom is 0.0156 e. The molecule has 1 aliphatic heterocycles. The van der Waals surface area contributed by atoms with Gasteiger partial charge in [0.05, 0.1) is 0 Å². The highest BCUT2D eigenvalue weighted by molar-refractivity contribution is 4.96. The minimum atomic E-state index is 0.467. The molecule has 3 heteroatoms. The van der Waals surface area contributed by atoms with Crippen molar-refractivity contribution >= 4 is 0 Å². The van der Waals surface area contributed by atoms with Crippen molar-refractivity contribution in [2.24, 2.45) is 11.3 Å². The number of hydrogen-bond donors (Lipinski definition) is 1. The summed E-state index contributed by atoms with van der Waals surface area (Å²) in [5.41, 5.74) is 0.467. The van der Waals surface area contributed by atoms with Crippen molar-refractivity contribution in [3.05, 3.63) is 0 Å². The third kappa shape index (κ3) is 3.93. The predicted molar refractivity (Wildman–Crippen MR) is 82.5 cm³/mol. The average molecular weight is 267 g/mol. The van der Waals surface area contributed by atoms with Crippen LogP contribution in [0.4, 0.5) is 0 Å². The van der Waals surface area contributed by atoms with Gasteiger partial charge in [0.25, 0.3) is 0 Å². The molecule has 0 bridgehead atoms. The Morgan fingerprint density at radius 2 is 1.95 bits per heavy atom. The second-order valence-corrected chi connectivity index (χ2v) is 7.36. The molecule has 2 aliphatic rings. The van der Waals surface area contributed by atoms with Crippen LogP contribution in [0, 0.1) is 11.3 Å². The SMILES string of the molecule is CNC1C(CN(C)CCN2CCCC2)CCC1(C)C. The van der Waals surface area contributed by atoms with Gasteiger partial charge in [-0.1, -0.05) is 13.8 Å². The van der Waals surface area contributed by atoms with E-state index in [2.05, 4.69) is 43.1 Å². The van der Waals surface area contributed by atoms with Gasteiger partial charge in [-0.05, 0) is 64.2 Å². The molecular weight excluding hydrogens is 234 g/mol. The molecule has 1 N–H and O–H groups in total. The molecule has 0 radical (unpaired) electrons. The van der Waals surface area contributed by atoms with Gasteiger partial charge in [-0.3, -0.25) is 0 Å². The molecule has 0 spiro atoms. The largest absolute Gasteiger partial charge is 0.316 e. The van der Waals surface area contributed by atoms with Crippen LogP contribution >= 0.6 is 0 Å². The molecule has 0 amide bonds. The Morgan fingerprint density at radius 3 is 2.58 bits per heavy atom. The first-order valence-electron chi connectivity index (χ1n) is 8.11. The molecule has 1 saturated heterocycles. The zero-order valence-corrected chi connectivity index (χ0v) is 13.4. The smallest absolute Gasteiger partial charge is 0.0156 e. The van der Waals surface area contributed by atoms with Gasteiger partial charge < -0.3 is 15.1 Å². The molecule has 3 nitrogen and oxygen atoms in total. The lowest BCUT2D eigenvalue weighted by Crippen LogP contribution is -2.44. The highest BCUT2D eigenvalue weighted by atomic mass is 15.2. The normalized spacial score (nSPS) is 31.4. The van der Waals surface area contributed by atoms with Crippen LogP contribution in [0.1, 0.15) is 39.5 Å². The quantitative estimate of drug-likeness (QED) is 0.794. The Kier molecular flexibility index (Phi) is 5.27. The van der Waals surface area contributed by atoms with E-state index in [4.69, 9.17) is 0 Å². The molecule has 2 rings (SSSR count). The van der Waals surface area contributed by atoms with Crippen LogP contribution in [-0.2, 0) is 0 Å². The van der Waals surface area contributed by atoms with Gasteiger partial charge >= 0.3 is 0 Å². The van der Waals surface area contributed by atoms with E-state index in [1.807, 2.05) is 0 Å². The molecular formula is C16H33N3. The monoisotopic (exact) mass is 267 g/mol. The summed E-state index contributed by atoms with van der Waals surface area (Å²) in [7, 11) is 4.43. The fourth-order valence-electron chi connectivity index (χ4n) is 4.15. The molecule has 0 aromatic rings. The molecule has 0 aromatic carbocycles. The summed E-state index contributed by atoms with van der Waals surface area (Å²) < 4.78 is 0. The van der Waals surface area contributed by atoms with Gasteiger partial charge in [0.15, 0.2) is 0 Å². The average Bonchev–Trinajstić information content (AvgIpc) is 2.95. The van der Waals surface area contributed by atoms with Crippen LogP contribution in [0.5, 0.6) is 0 Å². The minimum absolute atomic E-state index is 0.467. The van der Waals surface area contributed by atoms with Gasteiger partial charge in [-0.15, -0.1) is 0 Å². The molecule has 1 heterocycles. The zero-order chi connectivity index (χ0) is 13.9. The van der Waals surface area contributed by atoms with E-state index in [9.17, 15) is 0 Å². The molecule has 1 saturated carbocycles. The zero-order valence-electron chi connectivity index (χ0n) is 13.4. The second kappa shape index (κ2) is 6.55.